The number of phenols is 1. The van der Waals surface area contributed by atoms with Crippen molar-refractivity contribution >= 4 is 0 Å². The lowest BCUT2D eigenvalue weighted by molar-refractivity contribution is -0.0756. The van der Waals surface area contributed by atoms with Gasteiger partial charge in [0.15, 0.2) is 5.76 Å². The lowest BCUT2D eigenvalue weighted by Gasteiger charge is -2.42. The van der Waals surface area contributed by atoms with Crippen LogP contribution in [0.1, 0.15) is 17.0 Å². The van der Waals surface area contributed by atoms with Crippen LogP contribution in [0.15, 0.2) is 65.2 Å². The molecule has 1 saturated heterocycles. The largest absolute Gasteiger partial charge is 0.508 e. The standard InChI is InChI=1S/C21H22N2O4/c24-20-9-5-4-6-16(20)12-22-21(14-25-15-21)11-17-10-19(27-23-17)13-26-18-7-2-1-3-8-18/h1-10,22,24H,11-15H2. The van der Waals surface area contributed by atoms with Crippen molar-refractivity contribution in [3.63, 3.8) is 0 Å². The molecule has 1 aromatic heterocycles. The molecule has 4 rings (SSSR count). The van der Waals surface area contributed by atoms with Gasteiger partial charge in [0.25, 0.3) is 0 Å². The predicted molar refractivity (Wildman–Crippen MR) is 99.5 cm³/mol. The molecule has 0 saturated carbocycles. The van der Waals surface area contributed by atoms with Gasteiger partial charge < -0.3 is 24.4 Å². The summed E-state index contributed by atoms with van der Waals surface area (Å²) in [4.78, 5) is 0. The van der Waals surface area contributed by atoms with Crippen LogP contribution in [0.5, 0.6) is 11.5 Å². The van der Waals surface area contributed by atoms with Crippen LogP contribution in [0.2, 0.25) is 0 Å². The predicted octanol–water partition coefficient (Wildman–Crippen LogP) is 3.06. The summed E-state index contributed by atoms with van der Waals surface area (Å²) in [5, 5.41) is 17.6. The van der Waals surface area contributed by atoms with E-state index in [1.807, 2.05) is 54.6 Å². The first-order chi connectivity index (χ1) is 13.2. The van der Waals surface area contributed by atoms with E-state index < -0.39 is 0 Å². The average molecular weight is 366 g/mol. The lowest BCUT2D eigenvalue weighted by atomic mass is 9.91. The number of ether oxygens (including phenoxy) is 2. The zero-order valence-corrected chi connectivity index (χ0v) is 14.9. The van der Waals surface area contributed by atoms with Crippen LogP contribution in [0.4, 0.5) is 0 Å². The van der Waals surface area contributed by atoms with E-state index in [0.29, 0.717) is 44.3 Å². The van der Waals surface area contributed by atoms with Gasteiger partial charge in [-0.1, -0.05) is 41.6 Å². The van der Waals surface area contributed by atoms with Crippen LogP contribution >= 0.6 is 0 Å². The Labute approximate surface area is 157 Å². The summed E-state index contributed by atoms with van der Waals surface area (Å²) in [5.74, 6) is 1.77. The quantitative estimate of drug-likeness (QED) is 0.638. The van der Waals surface area contributed by atoms with E-state index in [4.69, 9.17) is 14.0 Å². The molecule has 6 nitrogen and oxygen atoms in total. The Morgan fingerprint density at radius 1 is 1.07 bits per heavy atom. The number of para-hydroxylation sites is 2. The number of hydrogen-bond donors (Lipinski definition) is 2. The van der Waals surface area contributed by atoms with Gasteiger partial charge in [-0.05, 0) is 18.2 Å². The van der Waals surface area contributed by atoms with Gasteiger partial charge in [-0.2, -0.15) is 0 Å². The molecule has 0 amide bonds. The molecule has 1 aliphatic rings. The molecule has 1 fully saturated rings. The van der Waals surface area contributed by atoms with E-state index in [1.165, 1.54) is 0 Å². The number of aromatic nitrogens is 1. The third-order valence-electron chi connectivity index (χ3n) is 4.65. The Morgan fingerprint density at radius 3 is 2.59 bits per heavy atom. The van der Waals surface area contributed by atoms with Gasteiger partial charge in [0.1, 0.15) is 18.1 Å². The van der Waals surface area contributed by atoms with Crippen LogP contribution in [-0.2, 0) is 24.3 Å². The first-order valence-corrected chi connectivity index (χ1v) is 8.94. The highest BCUT2D eigenvalue weighted by Gasteiger charge is 2.39. The van der Waals surface area contributed by atoms with Gasteiger partial charge in [-0.25, -0.2) is 0 Å². The Hall–Kier alpha value is -2.83. The summed E-state index contributed by atoms with van der Waals surface area (Å²) in [6.07, 6.45) is 0.690. The Balaban J connectivity index is 1.34. The van der Waals surface area contributed by atoms with E-state index in [9.17, 15) is 5.11 Å². The van der Waals surface area contributed by atoms with Crippen molar-refractivity contribution in [2.75, 3.05) is 13.2 Å². The Bertz CT molecular complexity index is 875. The Kier molecular flexibility index (Phi) is 5.09. The molecular weight excluding hydrogens is 344 g/mol. The molecule has 0 spiro atoms. The summed E-state index contributed by atoms with van der Waals surface area (Å²) < 4.78 is 16.5. The molecule has 0 unspecified atom stereocenters. The molecular formula is C21H22N2O4. The average Bonchev–Trinajstić information content (AvgIpc) is 3.11. The molecule has 140 valence electrons. The van der Waals surface area contributed by atoms with Gasteiger partial charge in [0, 0.05) is 24.6 Å². The number of hydrogen-bond acceptors (Lipinski definition) is 6. The second kappa shape index (κ2) is 7.82. The van der Waals surface area contributed by atoms with Crippen molar-refractivity contribution < 1.29 is 19.1 Å². The lowest BCUT2D eigenvalue weighted by Crippen LogP contribution is -2.61. The molecule has 27 heavy (non-hydrogen) atoms. The van der Waals surface area contributed by atoms with Crippen molar-refractivity contribution in [2.24, 2.45) is 0 Å². The summed E-state index contributed by atoms with van der Waals surface area (Å²) >= 11 is 0. The van der Waals surface area contributed by atoms with Crippen LogP contribution in [0.25, 0.3) is 0 Å². The van der Waals surface area contributed by atoms with Gasteiger partial charge in [-0.3, -0.25) is 0 Å². The molecule has 2 aromatic carbocycles. The first-order valence-electron chi connectivity index (χ1n) is 8.94. The third kappa shape index (κ3) is 4.30. The molecule has 3 aromatic rings. The monoisotopic (exact) mass is 366 g/mol. The highest BCUT2D eigenvalue weighted by Crippen LogP contribution is 2.25. The molecule has 1 aliphatic heterocycles. The number of nitrogens with zero attached hydrogens (tertiary/aromatic N) is 1. The molecule has 0 aliphatic carbocycles. The van der Waals surface area contributed by atoms with E-state index in [0.717, 1.165) is 17.0 Å². The number of benzene rings is 2. The van der Waals surface area contributed by atoms with E-state index >= 15 is 0 Å². The van der Waals surface area contributed by atoms with Gasteiger partial charge >= 0.3 is 0 Å². The maximum Gasteiger partial charge on any atom is 0.174 e. The number of nitrogens with one attached hydrogen (secondary N) is 1. The number of phenolic OH excluding ortho intramolecular Hbond substituents is 1. The normalized spacial score (nSPS) is 15.3. The summed E-state index contributed by atoms with van der Waals surface area (Å²) in [6, 6.07) is 18.9. The van der Waals surface area contributed by atoms with Crippen LogP contribution < -0.4 is 10.1 Å². The highest BCUT2D eigenvalue weighted by atomic mass is 16.5. The third-order valence-corrected chi connectivity index (χ3v) is 4.65. The fraction of sp³-hybridized carbons (Fsp3) is 0.286. The van der Waals surface area contributed by atoms with E-state index in [-0.39, 0.29) is 5.54 Å². The van der Waals surface area contributed by atoms with E-state index in [2.05, 4.69) is 10.5 Å². The van der Waals surface area contributed by atoms with Crippen molar-refractivity contribution in [1.29, 1.82) is 0 Å². The zero-order valence-electron chi connectivity index (χ0n) is 14.9. The maximum absolute atomic E-state index is 9.93. The SMILES string of the molecule is Oc1ccccc1CNC1(Cc2cc(COc3ccccc3)on2)COC1. The smallest absolute Gasteiger partial charge is 0.174 e. The molecule has 2 heterocycles. The number of rotatable bonds is 8. The highest BCUT2D eigenvalue weighted by molar-refractivity contribution is 5.32. The van der Waals surface area contributed by atoms with Crippen LogP contribution in [-0.4, -0.2) is 29.0 Å². The second-order valence-electron chi connectivity index (χ2n) is 6.82. The summed E-state index contributed by atoms with van der Waals surface area (Å²) in [5.41, 5.74) is 1.52. The molecule has 6 heteroatoms. The minimum Gasteiger partial charge on any atom is -0.508 e. The fourth-order valence-corrected chi connectivity index (χ4v) is 3.08. The first kappa shape index (κ1) is 17.6. The summed E-state index contributed by atoms with van der Waals surface area (Å²) in [6.45, 7) is 2.11. The number of aromatic hydroxyl groups is 1. The van der Waals surface area contributed by atoms with Gasteiger partial charge in [0.2, 0.25) is 0 Å². The molecule has 0 radical (unpaired) electrons. The molecule has 0 bridgehead atoms. The molecule has 2 N–H and O–H groups in total. The Morgan fingerprint density at radius 2 is 1.85 bits per heavy atom. The second-order valence-corrected chi connectivity index (χ2v) is 6.82. The van der Waals surface area contributed by atoms with Crippen molar-refractivity contribution in [2.45, 2.75) is 25.1 Å². The maximum atomic E-state index is 9.93. The van der Waals surface area contributed by atoms with Crippen molar-refractivity contribution in [3.8, 4) is 11.5 Å². The van der Waals surface area contributed by atoms with Crippen molar-refractivity contribution in [1.82, 2.24) is 10.5 Å². The van der Waals surface area contributed by atoms with Gasteiger partial charge in [0.05, 0.1) is 24.4 Å². The van der Waals surface area contributed by atoms with E-state index in [1.54, 1.807) is 6.07 Å². The zero-order chi connectivity index (χ0) is 18.5. The minimum atomic E-state index is -0.198. The fourth-order valence-electron chi connectivity index (χ4n) is 3.08. The molecule has 0 atom stereocenters. The van der Waals surface area contributed by atoms with Gasteiger partial charge in [-0.15, -0.1) is 0 Å². The topological polar surface area (TPSA) is 76.8 Å². The van der Waals surface area contributed by atoms with Crippen LogP contribution in [0.3, 0.4) is 0 Å². The minimum absolute atomic E-state index is 0.198. The summed E-state index contributed by atoms with van der Waals surface area (Å²) in [7, 11) is 0. The van der Waals surface area contributed by atoms with Crippen LogP contribution in [0, 0.1) is 0 Å². The van der Waals surface area contributed by atoms with Crippen molar-refractivity contribution in [3.05, 3.63) is 77.7 Å².